The van der Waals surface area contributed by atoms with Crippen LogP contribution in [0.5, 0.6) is 11.5 Å². The lowest BCUT2D eigenvalue weighted by molar-refractivity contribution is 0.391. The molecule has 0 fully saturated rings. The molecule has 0 saturated heterocycles. The highest BCUT2D eigenvalue weighted by atomic mass is 79.9. The number of aryl methyl sites for hydroxylation is 1. The molecule has 0 aliphatic rings. The minimum Gasteiger partial charge on any atom is -0.497 e. The summed E-state index contributed by atoms with van der Waals surface area (Å²) in [4.78, 5) is 2.31. The first-order chi connectivity index (χ1) is 9.06. The van der Waals surface area contributed by atoms with Gasteiger partial charge in [0.05, 0.1) is 19.6 Å². The fourth-order valence-electron chi connectivity index (χ4n) is 1.79. The van der Waals surface area contributed by atoms with Crippen molar-refractivity contribution in [2.75, 3.05) is 14.2 Å². The standard InChI is InChI=1S/C14H14BrClO2S/c1-8-11(15)7-13(19-8)14(16)10-5-4-9(17-2)6-12(10)18-3/h4-7,14H,1-3H3. The molecule has 5 heteroatoms. The van der Waals surface area contributed by atoms with Gasteiger partial charge in [0.1, 0.15) is 11.5 Å². The highest BCUT2D eigenvalue weighted by Crippen LogP contribution is 2.41. The highest BCUT2D eigenvalue weighted by molar-refractivity contribution is 9.10. The van der Waals surface area contributed by atoms with E-state index in [1.165, 1.54) is 4.88 Å². The quantitative estimate of drug-likeness (QED) is 0.700. The SMILES string of the molecule is COc1ccc(C(Cl)c2cc(Br)c(C)s2)c(OC)c1. The van der Waals surface area contributed by atoms with Crippen LogP contribution in [0.1, 0.15) is 20.7 Å². The summed E-state index contributed by atoms with van der Waals surface area (Å²) in [5, 5.41) is -0.226. The number of hydrogen-bond donors (Lipinski definition) is 0. The van der Waals surface area contributed by atoms with E-state index < -0.39 is 0 Å². The Labute approximate surface area is 130 Å². The van der Waals surface area contributed by atoms with Gasteiger partial charge in [-0.2, -0.15) is 0 Å². The van der Waals surface area contributed by atoms with E-state index in [-0.39, 0.29) is 5.38 Å². The Morgan fingerprint density at radius 2 is 1.95 bits per heavy atom. The third kappa shape index (κ3) is 3.07. The molecule has 0 amide bonds. The molecule has 0 aliphatic carbocycles. The van der Waals surface area contributed by atoms with Gasteiger partial charge in [-0.05, 0) is 41.1 Å². The Bertz CT molecular complexity index is 563. The molecule has 0 bridgehead atoms. The van der Waals surface area contributed by atoms with Crippen LogP contribution >= 0.6 is 38.9 Å². The molecular weight excluding hydrogens is 348 g/mol. The molecule has 1 aromatic heterocycles. The van der Waals surface area contributed by atoms with Crippen LogP contribution < -0.4 is 9.47 Å². The van der Waals surface area contributed by atoms with Crippen molar-refractivity contribution in [1.29, 1.82) is 0 Å². The lowest BCUT2D eigenvalue weighted by Crippen LogP contribution is -1.96. The van der Waals surface area contributed by atoms with Crippen LogP contribution in [-0.4, -0.2) is 14.2 Å². The van der Waals surface area contributed by atoms with E-state index in [4.69, 9.17) is 21.1 Å². The van der Waals surface area contributed by atoms with Crippen LogP contribution in [0.3, 0.4) is 0 Å². The lowest BCUT2D eigenvalue weighted by atomic mass is 10.1. The van der Waals surface area contributed by atoms with Gasteiger partial charge in [-0.3, -0.25) is 0 Å². The molecule has 1 atom stereocenters. The van der Waals surface area contributed by atoms with Gasteiger partial charge in [0.25, 0.3) is 0 Å². The van der Waals surface area contributed by atoms with Crippen molar-refractivity contribution in [1.82, 2.24) is 0 Å². The van der Waals surface area contributed by atoms with Crippen LogP contribution in [0.2, 0.25) is 0 Å². The van der Waals surface area contributed by atoms with Gasteiger partial charge < -0.3 is 9.47 Å². The first-order valence-corrected chi connectivity index (χ1v) is 7.73. The zero-order valence-electron chi connectivity index (χ0n) is 10.9. The van der Waals surface area contributed by atoms with Crippen molar-refractivity contribution in [2.45, 2.75) is 12.3 Å². The third-order valence-electron chi connectivity index (χ3n) is 2.84. The molecule has 2 aromatic rings. The largest absolute Gasteiger partial charge is 0.497 e. The van der Waals surface area contributed by atoms with Crippen LogP contribution in [0.4, 0.5) is 0 Å². The summed E-state index contributed by atoms with van der Waals surface area (Å²) in [6.45, 7) is 2.06. The van der Waals surface area contributed by atoms with Crippen LogP contribution in [-0.2, 0) is 0 Å². The van der Waals surface area contributed by atoms with Crippen LogP contribution in [0.25, 0.3) is 0 Å². The summed E-state index contributed by atoms with van der Waals surface area (Å²) >= 11 is 11.8. The van der Waals surface area contributed by atoms with E-state index in [1.54, 1.807) is 25.6 Å². The number of benzene rings is 1. The minimum atomic E-state index is -0.226. The molecular formula is C14H14BrClO2S. The first kappa shape index (κ1) is 14.7. The van der Waals surface area contributed by atoms with Crippen LogP contribution in [0.15, 0.2) is 28.7 Å². The number of thiophene rings is 1. The van der Waals surface area contributed by atoms with Gasteiger partial charge in [-0.25, -0.2) is 0 Å². The van der Waals surface area contributed by atoms with Crippen molar-refractivity contribution < 1.29 is 9.47 Å². The Kier molecular flexibility index (Phi) is 4.76. The number of ether oxygens (including phenoxy) is 2. The van der Waals surface area contributed by atoms with Gasteiger partial charge in [-0.1, -0.05) is 0 Å². The maximum atomic E-state index is 6.57. The first-order valence-electron chi connectivity index (χ1n) is 5.68. The molecule has 1 aromatic carbocycles. The van der Waals surface area contributed by atoms with Crippen LogP contribution in [0, 0.1) is 6.92 Å². The van der Waals surface area contributed by atoms with Gasteiger partial charge in [-0.15, -0.1) is 22.9 Å². The average molecular weight is 362 g/mol. The second-order valence-corrected chi connectivity index (χ2v) is 6.60. The minimum absolute atomic E-state index is 0.226. The summed E-state index contributed by atoms with van der Waals surface area (Å²) < 4.78 is 11.7. The topological polar surface area (TPSA) is 18.5 Å². The Morgan fingerprint density at radius 3 is 2.47 bits per heavy atom. The van der Waals surface area contributed by atoms with Crippen molar-refractivity contribution in [3.05, 3.63) is 44.1 Å². The molecule has 0 saturated carbocycles. The molecule has 102 valence electrons. The zero-order valence-corrected chi connectivity index (χ0v) is 14.0. The van der Waals surface area contributed by atoms with Gasteiger partial charge >= 0.3 is 0 Å². The fourth-order valence-corrected chi connectivity index (χ4v) is 3.72. The number of alkyl halides is 1. The van der Waals surface area contributed by atoms with Gasteiger partial charge in [0.2, 0.25) is 0 Å². The highest BCUT2D eigenvalue weighted by Gasteiger charge is 2.19. The molecule has 0 N–H and O–H groups in total. The summed E-state index contributed by atoms with van der Waals surface area (Å²) in [7, 11) is 3.27. The van der Waals surface area contributed by atoms with E-state index in [1.807, 2.05) is 18.2 Å². The second-order valence-electron chi connectivity index (χ2n) is 4.02. The van der Waals surface area contributed by atoms with E-state index >= 15 is 0 Å². The summed E-state index contributed by atoms with van der Waals surface area (Å²) in [6, 6.07) is 7.74. The normalized spacial score (nSPS) is 12.3. The maximum Gasteiger partial charge on any atom is 0.127 e. The molecule has 2 rings (SSSR count). The lowest BCUT2D eigenvalue weighted by Gasteiger charge is -2.14. The smallest absolute Gasteiger partial charge is 0.127 e. The van der Waals surface area contributed by atoms with E-state index in [0.29, 0.717) is 0 Å². The monoisotopic (exact) mass is 360 g/mol. The molecule has 19 heavy (non-hydrogen) atoms. The van der Waals surface area contributed by atoms with Gasteiger partial charge in [0.15, 0.2) is 0 Å². The number of rotatable bonds is 4. The van der Waals surface area contributed by atoms with E-state index in [9.17, 15) is 0 Å². The Hall–Kier alpha value is -0.710. The van der Waals surface area contributed by atoms with Gasteiger partial charge in [0, 0.05) is 25.9 Å². The molecule has 1 heterocycles. The third-order valence-corrected chi connectivity index (χ3v) is 5.64. The van der Waals surface area contributed by atoms with Crippen molar-refractivity contribution in [3.8, 4) is 11.5 Å². The number of halogens is 2. The van der Waals surface area contributed by atoms with Crippen molar-refractivity contribution in [3.63, 3.8) is 0 Å². The van der Waals surface area contributed by atoms with E-state index in [2.05, 4.69) is 28.9 Å². The molecule has 2 nitrogen and oxygen atoms in total. The molecule has 0 radical (unpaired) electrons. The maximum absolute atomic E-state index is 6.57. The molecule has 1 unspecified atom stereocenters. The Morgan fingerprint density at radius 1 is 1.21 bits per heavy atom. The summed E-state index contributed by atoms with van der Waals surface area (Å²) in [6.07, 6.45) is 0. The van der Waals surface area contributed by atoms with E-state index in [0.717, 1.165) is 26.4 Å². The summed E-state index contributed by atoms with van der Waals surface area (Å²) in [5.41, 5.74) is 0.943. The number of methoxy groups -OCH3 is 2. The van der Waals surface area contributed by atoms with Crippen molar-refractivity contribution in [2.24, 2.45) is 0 Å². The molecule has 0 spiro atoms. The van der Waals surface area contributed by atoms with Crippen molar-refractivity contribution >= 4 is 38.9 Å². The number of hydrogen-bond acceptors (Lipinski definition) is 3. The predicted octanol–water partition coefficient (Wildman–Crippen LogP) is 5.16. The summed E-state index contributed by atoms with van der Waals surface area (Å²) in [5.74, 6) is 1.49. The molecule has 0 aliphatic heterocycles. The fraction of sp³-hybridized carbons (Fsp3) is 0.286. The predicted molar refractivity (Wildman–Crippen MR) is 84.0 cm³/mol. The Balaban J connectivity index is 2.40. The average Bonchev–Trinajstić information content (AvgIpc) is 2.77. The zero-order chi connectivity index (χ0) is 14.0. The second kappa shape index (κ2) is 6.16.